The fourth-order valence-corrected chi connectivity index (χ4v) is 4.46. The second kappa shape index (κ2) is 9.36. The Bertz CT molecular complexity index is 884. The monoisotopic (exact) mass is 390 g/mol. The van der Waals surface area contributed by atoms with Crippen molar-refractivity contribution in [3.05, 3.63) is 70.3 Å². The molecule has 0 radical (unpaired) electrons. The molecule has 1 aliphatic heterocycles. The van der Waals surface area contributed by atoms with Crippen molar-refractivity contribution < 1.29 is 9.59 Å². The predicted octanol–water partition coefficient (Wildman–Crippen LogP) is 4.05. The van der Waals surface area contributed by atoms with E-state index in [0.717, 1.165) is 43.6 Å². The second-order valence-electron chi connectivity index (χ2n) is 8.29. The first kappa shape index (κ1) is 19.8. The Balaban J connectivity index is 1.26. The molecule has 4 heteroatoms. The van der Waals surface area contributed by atoms with E-state index in [9.17, 15) is 9.59 Å². The number of hydrogen-bond acceptors (Lipinski definition) is 3. The molecule has 1 N–H and O–H groups in total. The van der Waals surface area contributed by atoms with Gasteiger partial charge < -0.3 is 5.32 Å². The molecule has 1 fully saturated rings. The Kier molecular flexibility index (Phi) is 6.40. The minimum atomic E-state index is -0.0597. The molecular formula is C25H30N2O2. The highest BCUT2D eigenvalue weighted by Gasteiger charge is 2.16. The lowest BCUT2D eigenvalue weighted by atomic mass is 10.0. The van der Waals surface area contributed by atoms with Crippen molar-refractivity contribution in [2.45, 2.75) is 58.0 Å². The van der Waals surface area contributed by atoms with E-state index in [1.807, 2.05) is 18.2 Å². The van der Waals surface area contributed by atoms with Gasteiger partial charge in [-0.25, -0.2) is 0 Å². The summed E-state index contributed by atoms with van der Waals surface area (Å²) < 4.78 is 0. The first-order chi connectivity index (χ1) is 14.2. The second-order valence-corrected chi connectivity index (χ2v) is 8.29. The molecule has 0 bridgehead atoms. The van der Waals surface area contributed by atoms with E-state index in [0.29, 0.717) is 6.54 Å². The maximum absolute atomic E-state index is 12.5. The van der Waals surface area contributed by atoms with Crippen LogP contribution in [0.5, 0.6) is 0 Å². The van der Waals surface area contributed by atoms with Gasteiger partial charge in [0, 0.05) is 31.5 Å². The number of nitrogens with zero attached hydrogens (tertiary/aromatic N) is 1. The van der Waals surface area contributed by atoms with E-state index in [2.05, 4.69) is 34.5 Å². The molecule has 0 saturated carbocycles. The molecule has 0 spiro atoms. The summed E-state index contributed by atoms with van der Waals surface area (Å²) in [6.07, 6.45) is 6.41. The Morgan fingerprint density at radius 3 is 2.45 bits per heavy atom. The number of fused-ring (bicyclic) bond motifs is 1. The predicted molar refractivity (Wildman–Crippen MR) is 115 cm³/mol. The van der Waals surface area contributed by atoms with Gasteiger partial charge in [-0.15, -0.1) is 0 Å². The Morgan fingerprint density at radius 2 is 1.62 bits per heavy atom. The number of carbonyl (C=O) groups is 2. The van der Waals surface area contributed by atoms with Crippen molar-refractivity contribution in [2.24, 2.45) is 0 Å². The highest BCUT2D eigenvalue weighted by atomic mass is 16.2. The number of nitrogens with one attached hydrogen (secondary N) is 1. The molecule has 2 aromatic carbocycles. The van der Waals surface area contributed by atoms with E-state index in [4.69, 9.17) is 0 Å². The van der Waals surface area contributed by atoms with Crippen LogP contribution >= 0.6 is 0 Å². The summed E-state index contributed by atoms with van der Waals surface area (Å²) in [4.78, 5) is 27.3. The minimum absolute atomic E-state index is 0.0595. The number of Topliss-reactive ketones (excluding diaryl/α,β-unsaturated/α-hetero) is 1. The molecule has 1 heterocycles. The average Bonchev–Trinajstić information content (AvgIpc) is 3.42. The van der Waals surface area contributed by atoms with Gasteiger partial charge in [-0.1, -0.05) is 36.4 Å². The van der Waals surface area contributed by atoms with Crippen molar-refractivity contribution in [3.63, 3.8) is 0 Å². The average molecular weight is 391 g/mol. The Labute approximate surface area is 173 Å². The fourth-order valence-electron chi connectivity index (χ4n) is 4.46. The quantitative estimate of drug-likeness (QED) is 0.692. The van der Waals surface area contributed by atoms with Crippen LogP contribution in [0, 0.1) is 0 Å². The molecule has 0 aromatic heterocycles. The largest absolute Gasteiger partial charge is 0.352 e. The molecule has 2 aromatic rings. The third-order valence-electron chi connectivity index (χ3n) is 6.19. The van der Waals surface area contributed by atoms with Crippen LogP contribution in [0.2, 0.25) is 0 Å². The number of hydrogen-bond donors (Lipinski definition) is 1. The molecule has 4 nitrogen and oxygen atoms in total. The zero-order chi connectivity index (χ0) is 20.1. The lowest BCUT2D eigenvalue weighted by molar-refractivity contribution is -0.121. The normalized spacial score (nSPS) is 16.0. The standard InChI is InChI=1S/C25H30N2O2/c28-24(21-11-10-19-8-5-9-20(19)16-21)12-13-25(29)26-17-22-6-1-2-7-23(22)18-27-14-3-4-15-27/h1-2,6-7,10-11,16H,3-5,8-9,12-15,17-18H2,(H,26,29). The molecule has 152 valence electrons. The van der Waals surface area contributed by atoms with E-state index >= 15 is 0 Å². The van der Waals surface area contributed by atoms with Gasteiger partial charge in [0.2, 0.25) is 5.91 Å². The van der Waals surface area contributed by atoms with Crippen LogP contribution in [0.25, 0.3) is 0 Å². The number of benzene rings is 2. The molecular weight excluding hydrogens is 360 g/mol. The Hall–Kier alpha value is -2.46. The first-order valence-electron chi connectivity index (χ1n) is 10.9. The maximum atomic E-state index is 12.5. The number of rotatable bonds is 8. The van der Waals surface area contributed by atoms with Crippen molar-refractivity contribution >= 4 is 11.7 Å². The van der Waals surface area contributed by atoms with Gasteiger partial charge >= 0.3 is 0 Å². The molecule has 0 atom stereocenters. The molecule has 2 aliphatic rings. The van der Waals surface area contributed by atoms with Crippen LogP contribution in [0.4, 0.5) is 0 Å². The number of carbonyl (C=O) groups excluding carboxylic acids is 2. The topological polar surface area (TPSA) is 49.4 Å². The molecule has 1 aliphatic carbocycles. The SMILES string of the molecule is O=C(CCC(=O)c1ccc2c(c1)CCC2)NCc1ccccc1CN1CCCC1. The van der Waals surface area contributed by atoms with Gasteiger partial charge in [0.15, 0.2) is 5.78 Å². The molecule has 1 saturated heterocycles. The van der Waals surface area contributed by atoms with Crippen LogP contribution in [-0.2, 0) is 30.7 Å². The third-order valence-corrected chi connectivity index (χ3v) is 6.19. The van der Waals surface area contributed by atoms with Crippen LogP contribution in [0.3, 0.4) is 0 Å². The number of amides is 1. The zero-order valence-corrected chi connectivity index (χ0v) is 17.1. The number of likely N-dealkylation sites (tertiary alicyclic amines) is 1. The van der Waals surface area contributed by atoms with Crippen molar-refractivity contribution in [3.8, 4) is 0 Å². The van der Waals surface area contributed by atoms with E-state index in [1.165, 1.54) is 36.0 Å². The van der Waals surface area contributed by atoms with Crippen LogP contribution in [-0.4, -0.2) is 29.7 Å². The Morgan fingerprint density at radius 1 is 0.862 bits per heavy atom. The highest BCUT2D eigenvalue weighted by molar-refractivity contribution is 5.98. The number of ketones is 1. The number of aryl methyl sites for hydroxylation is 2. The molecule has 0 unspecified atom stereocenters. The summed E-state index contributed by atoms with van der Waals surface area (Å²) in [5, 5.41) is 3.00. The summed E-state index contributed by atoms with van der Waals surface area (Å²) in [6.45, 7) is 3.79. The van der Waals surface area contributed by atoms with E-state index in [1.54, 1.807) is 0 Å². The first-order valence-corrected chi connectivity index (χ1v) is 10.9. The van der Waals surface area contributed by atoms with Gasteiger partial charge in [-0.3, -0.25) is 14.5 Å². The van der Waals surface area contributed by atoms with Crippen molar-refractivity contribution in [2.75, 3.05) is 13.1 Å². The van der Waals surface area contributed by atoms with Crippen LogP contribution < -0.4 is 5.32 Å². The molecule has 29 heavy (non-hydrogen) atoms. The van der Waals surface area contributed by atoms with Gasteiger partial charge in [0.1, 0.15) is 0 Å². The summed E-state index contributed by atoms with van der Waals surface area (Å²) >= 11 is 0. The summed E-state index contributed by atoms with van der Waals surface area (Å²) in [7, 11) is 0. The van der Waals surface area contributed by atoms with Crippen LogP contribution in [0.15, 0.2) is 42.5 Å². The fraction of sp³-hybridized carbons (Fsp3) is 0.440. The summed E-state index contributed by atoms with van der Waals surface area (Å²) in [5.74, 6) is -0.000214. The van der Waals surface area contributed by atoms with Gasteiger partial charge in [0.05, 0.1) is 0 Å². The molecule has 4 rings (SSSR count). The van der Waals surface area contributed by atoms with E-state index < -0.39 is 0 Å². The van der Waals surface area contributed by atoms with Gasteiger partial charge in [-0.2, -0.15) is 0 Å². The third kappa shape index (κ3) is 5.13. The minimum Gasteiger partial charge on any atom is -0.352 e. The molecule has 1 amide bonds. The van der Waals surface area contributed by atoms with E-state index in [-0.39, 0.29) is 24.5 Å². The lowest BCUT2D eigenvalue weighted by Gasteiger charge is -2.17. The van der Waals surface area contributed by atoms with Crippen molar-refractivity contribution in [1.29, 1.82) is 0 Å². The van der Waals surface area contributed by atoms with Gasteiger partial charge in [0.25, 0.3) is 0 Å². The maximum Gasteiger partial charge on any atom is 0.220 e. The van der Waals surface area contributed by atoms with Crippen LogP contribution in [0.1, 0.15) is 64.7 Å². The summed E-state index contributed by atoms with van der Waals surface area (Å²) in [6, 6.07) is 14.3. The zero-order valence-electron chi connectivity index (χ0n) is 17.1. The highest BCUT2D eigenvalue weighted by Crippen LogP contribution is 2.23. The van der Waals surface area contributed by atoms with Gasteiger partial charge in [-0.05, 0) is 73.5 Å². The van der Waals surface area contributed by atoms with Crippen molar-refractivity contribution in [1.82, 2.24) is 10.2 Å². The lowest BCUT2D eigenvalue weighted by Crippen LogP contribution is -2.25. The summed E-state index contributed by atoms with van der Waals surface area (Å²) in [5.41, 5.74) is 5.86. The smallest absolute Gasteiger partial charge is 0.220 e.